The number of carbonyl (C=O) groups excluding carboxylic acids is 1. The van der Waals surface area contributed by atoms with E-state index in [4.69, 9.17) is 23.8 Å². The van der Waals surface area contributed by atoms with Crippen LogP contribution in [0.1, 0.15) is 5.56 Å². The average molecular weight is 449 g/mol. The number of hydrogen-bond acceptors (Lipinski definition) is 6. The molecule has 0 spiro atoms. The molecule has 1 heterocycles. The van der Waals surface area contributed by atoms with Gasteiger partial charge in [0.05, 0.1) is 14.7 Å². The maximum absolute atomic E-state index is 12.4. The van der Waals surface area contributed by atoms with Crippen molar-refractivity contribution in [2.24, 2.45) is 0 Å². The van der Waals surface area contributed by atoms with E-state index >= 15 is 0 Å². The lowest BCUT2D eigenvalue weighted by molar-refractivity contribution is -0.387. The Morgan fingerprint density at radius 1 is 1.29 bits per heavy atom. The summed E-state index contributed by atoms with van der Waals surface area (Å²) < 4.78 is 0.445. The molecule has 1 fully saturated rings. The van der Waals surface area contributed by atoms with E-state index in [2.05, 4.69) is 6.58 Å². The van der Waals surface area contributed by atoms with Crippen molar-refractivity contribution in [2.45, 2.75) is 9.79 Å². The van der Waals surface area contributed by atoms with Crippen LogP contribution in [0.5, 0.6) is 0 Å². The zero-order chi connectivity index (χ0) is 20.3. The average Bonchev–Trinajstić information content (AvgIpc) is 2.92. The number of thioether (sulfide) groups is 1. The summed E-state index contributed by atoms with van der Waals surface area (Å²) in [6, 6.07) is 11.9. The lowest BCUT2D eigenvalue weighted by Gasteiger charge is -2.10. The molecule has 3 rings (SSSR count). The zero-order valence-electron chi connectivity index (χ0n) is 14.3. The van der Waals surface area contributed by atoms with Crippen molar-refractivity contribution < 1.29 is 9.72 Å². The number of halogens is 1. The molecule has 0 aromatic heterocycles. The summed E-state index contributed by atoms with van der Waals surface area (Å²) in [6.07, 6.45) is 3.22. The van der Waals surface area contributed by atoms with Crippen molar-refractivity contribution in [1.82, 2.24) is 4.90 Å². The fourth-order valence-corrected chi connectivity index (χ4v) is 4.72. The van der Waals surface area contributed by atoms with E-state index in [1.807, 2.05) is 0 Å². The van der Waals surface area contributed by atoms with Crippen molar-refractivity contribution in [1.29, 1.82) is 0 Å². The molecule has 0 aliphatic carbocycles. The van der Waals surface area contributed by atoms with Crippen molar-refractivity contribution in [2.75, 3.05) is 6.54 Å². The summed E-state index contributed by atoms with van der Waals surface area (Å²) in [7, 11) is 0. The Bertz CT molecular complexity index is 1010. The molecule has 1 amide bonds. The van der Waals surface area contributed by atoms with Crippen molar-refractivity contribution in [3.8, 4) is 0 Å². The number of hydrogen-bond donors (Lipinski definition) is 0. The van der Waals surface area contributed by atoms with Gasteiger partial charge in [0.2, 0.25) is 0 Å². The molecule has 1 aliphatic heterocycles. The van der Waals surface area contributed by atoms with Gasteiger partial charge in [0.25, 0.3) is 11.6 Å². The number of rotatable bonds is 6. The minimum Gasteiger partial charge on any atom is -0.289 e. The Balaban J connectivity index is 1.90. The number of amides is 1. The number of nitro groups is 1. The van der Waals surface area contributed by atoms with Crippen LogP contribution in [0.15, 0.2) is 69.8 Å². The van der Waals surface area contributed by atoms with Gasteiger partial charge in [-0.2, -0.15) is 0 Å². The van der Waals surface area contributed by atoms with Crippen molar-refractivity contribution >= 4 is 69.3 Å². The van der Waals surface area contributed by atoms with Gasteiger partial charge >= 0.3 is 0 Å². The van der Waals surface area contributed by atoms with Gasteiger partial charge in [-0.15, -0.1) is 6.58 Å². The molecule has 28 heavy (non-hydrogen) atoms. The van der Waals surface area contributed by atoms with Gasteiger partial charge in [0.15, 0.2) is 0 Å². The molecule has 1 saturated heterocycles. The van der Waals surface area contributed by atoms with Gasteiger partial charge in [-0.1, -0.05) is 59.5 Å². The number of carbonyl (C=O) groups is 1. The third-order valence-corrected chi connectivity index (χ3v) is 6.41. The summed E-state index contributed by atoms with van der Waals surface area (Å²) in [5.41, 5.74) is 0.529. The molecule has 0 atom stereocenters. The summed E-state index contributed by atoms with van der Waals surface area (Å²) >= 11 is 13.5. The molecule has 1 aliphatic rings. The smallest absolute Gasteiger partial charge is 0.283 e. The lowest BCUT2D eigenvalue weighted by Crippen LogP contribution is -2.27. The minimum absolute atomic E-state index is 0.0322. The molecule has 0 N–H and O–H groups in total. The molecule has 142 valence electrons. The Morgan fingerprint density at radius 3 is 2.64 bits per heavy atom. The molecule has 9 heteroatoms. The number of benzene rings is 2. The van der Waals surface area contributed by atoms with E-state index in [9.17, 15) is 14.9 Å². The SMILES string of the molecule is C=CCN1C(=O)/C(=C\c2ccc(Sc3ccc(Cl)cc3)c([N+](=O)[O-])c2)SC1=S. The molecule has 2 aromatic rings. The van der Waals surface area contributed by atoms with Crippen LogP contribution >= 0.6 is 47.3 Å². The van der Waals surface area contributed by atoms with Crippen LogP contribution in [0.3, 0.4) is 0 Å². The summed E-state index contributed by atoms with van der Waals surface area (Å²) in [5, 5.41) is 12.1. The second-order valence-electron chi connectivity index (χ2n) is 5.62. The summed E-state index contributed by atoms with van der Waals surface area (Å²) in [6.45, 7) is 3.95. The van der Waals surface area contributed by atoms with E-state index < -0.39 is 4.92 Å². The summed E-state index contributed by atoms with van der Waals surface area (Å²) in [5.74, 6) is -0.225. The fourth-order valence-electron chi connectivity index (χ4n) is 2.42. The number of nitro benzene ring substituents is 1. The van der Waals surface area contributed by atoms with Crippen LogP contribution in [-0.2, 0) is 4.79 Å². The molecule has 2 aromatic carbocycles. The topological polar surface area (TPSA) is 63.5 Å². The molecule has 0 saturated carbocycles. The van der Waals surface area contributed by atoms with Crippen LogP contribution in [0.4, 0.5) is 5.69 Å². The lowest BCUT2D eigenvalue weighted by atomic mass is 10.2. The highest BCUT2D eigenvalue weighted by Crippen LogP contribution is 2.37. The monoisotopic (exact) mass is 448 g/mol. The Morgan fingerprint density at radius 2 is 2.00 bits per heavy atom. The van der Waals surface area contributed by atoms with E-state index in [1.54, 1.807) is 48.6 Å². The van der Waals surface area contributed by atoms with E-state index in [0.29, 0.717) is 31.3 Å². The standard InChI is InChI=1S/C19H13ClN2O3S3/c1-2-9-21-18(23)17(28-19(21)26)11-12-3-8-16(15(10-12)22(24)25)27-14-6-4-13(20)5-7-14/h2-8,10-11H,1,9H2/b17-11+. The van der Waals surface area contributed by atoms with Crippen LogP contribution in [0.2, 0.25) is 5.02 Å². The maximum atomic E-state index is 12.4. The molecule has 0 radical (unpaired) electrons. The van der Waals surface area contributed by atoms with Gasteiger partial charge in [-0.3, -0.25) is 19.8 Å². The Labute approximate surface area is 180 Å². The van der Waals surface area contributed by atoms with E-state index in [0.717, 1.165) is 4.90 Å². The molecular weight excluding hydrogens is 436 g/mol. The number of thiocarbonyl (C=S) groups is 1. The first-order valence-corrected chi connectivity index (χ1v) is 10.4. The van der Waals surface area contributed by atoms with Crippen LogP contribution < -0.4 is 0 Å². The third-order valence-electron chi connectivity index (χ3n) is 3.70. The first-order chi connectivity index (χ1) is 13.4. The zero-order valence-corrected chi connectivity index (χ0v) is 17.5. The largest absolute Gasteiger partial charge is 0.289 e. The molecule has 5 nitrogen and oxygen atoms in total. The predicted molar refractivity (Wildman–Crippen MR) is 119 cm³/mol. The second-order valence-corrected chi connectivity index (χ2v) is 8.85. The van der Waals surface area contributed by atoms with Crippen molar-refractivity contribution in [3.05, 3.63) is 80.7 Å². The van der Waals surface area contributed by atoms with Gasteiger partial charge in [0, 0.05) is 22.5 Å². The highest BCUT2D eigenvalue weighted by Gasteiger charge is 2.31. The first-order valence-electron chi connectivity index (χ1n) is 7.97. The first kappa shape index (κ1) is 20.6. The van der Waals surface area contributed by atoms with Gasteiger partial charge < -0.3 is 0 Å². The maximum Gasteiger partial charge on any atom is 0.283 e. The predicted octanol–water partition coefficient (Wildman–Crippen LogP) is 5.79. The van der Waals surface area contributed by atoms with Crippen LogP contribution in [0.25, 0.3) is 6.08 Å². The Hall–Kier alpha value is -2.13. The third kappa shape index (κ3) is 4.64. The van der Waals surface area contributed by atoms with E-state index in [1.165, 1.54) is 34.5 Å². The van der Waals surface area contributed by atoms with E-state index in [-0.39, 0.29) is 11.6 Å². The normalized spacial score (nSPS) is 15.3. The Kier molecular flexibility index (Phi) is 6.56. The summed E-state index contributed by atoms with van der Waals surface area (Å²) in [4.78, 5) is 26.7. The van der Waals surface area contributed by atoms with Crippen LogP contribution in [0, 0.1) is 10.1 Å². The van der Waals surface area contributed by atoms with Crippen molar-refractivity contribution in [3.63, 3.8) is 0 Å². The molecule has 0 bridgehead atoms. The fraction of sp³-hybridized carbons (Fsp3) is 0.0526. The molecular formula is C19H13ClN2O3S3. The second kappa shape index (κ2) is 8.91. The molecule has 0 unspecified atom stereocenters. The van der Waals surface area contributed by atoms with Gasteiger partial charge in [-0.05, 0) is 42.0 Å². The van der Waals surface area contributed by atoms with Gasteiger partial charge in [-0.25, -0.2) is 0 Å². The quantitative estimate of drug-likeness (QED) is 0.183. The highest BCUT2D eigenvalue weighted by molar-refractivity contribution is 8.26. The minimum atomic E-state index is -0.432. The highest BCUT2D eigenvalue weighted by atomic mass is 35.5. The number of nitrogens with zero attached hydrogens (tertiary/aromatic N) is 2. The van der Waals surface area contributed by atoms with Gasteiger partial charge in [0.1, 0.15) is 4.32 Å². The van der Waals surface area contributed by atoms with Crippen LogP contribution in [-0.4, -0.2) is 26.6 Å².